The van der Waals surface area contributed by atoms with Gasteiger partial charge in [-0.15, -0.1) is 0 Å². The highest BCUT2D eigenvalue weighted by Crippen LogP contribution is 2.34. The summed E-state index contributed by atoms with van der Waals surface area (Å²) in [7, 11) is 0. The maximum Gasteiger partial charge on any atom is 0.121 e. The van der Waals surface area contributed by atoms with Crippen LogP contribution < -0.4 is 15.4 Å². The Kier molecular flexibility index (Phi) is 3.06. The smallest absolute Gasteiger partial charge is 0.121 e. The lowest BCUT2D eigenvalue weighted by Crippen LogP contribution is -2.53. The van der Waals surface area contributed by atoms with Crippen molar-refractivity contribution in [2.24, 2.45) is 11.1 Å². The van der Waals surface area contributed by atoms with E-state index in [9.17, 15) is 0 Å². The first-order chi connectivity index (χ1) is 7.61. The number of rotatable bonds is 4. The summed E-state index contributed by atoms with van der Waals surface area (Å²) in [5.74, 6) is 0.910. The van der Waals surface area contributed by atoms with Gasteiger partial charge < -0.3 is 15.4 Å². The van der Waals surface area contributed by atoms with Crippen molar-refractivity contribution in [3.8, 4) is 5.75 Å². The number of benzene rings is 1. The molecule has 0 radical (unpaired) electrons. The molecule has 0 saturated carbocycles. The minimum atomic E-state index is 0.453. The van der Waals surface area contributed by atoms with E-state index >= 15 is 0 Å². The van der Waals surface area contributed by atoms with Crippen LogP contribution in [0.3, 0.4) is 0 Å². The summed E-state index contributed by atoms with van der Waals surface area (Å²) in [6, 6.07) is 8.23. The minimum Gasteiger partial charge on any atom is -0.492 e. The predicted molar refractivity (Wildman–Crippen MR) is 67.0 cm³/mol. The Bertz CT molecular complexity index is 355. The Labute approximate surface area is 97.2 Å². The molecule has 1 aliphatic rings. The lowest BCUT2D eigenvalue weighted by molar-refractivity contribution is 0.276. The number of anilines is 1. The first kappa shape index (κ1) is 11.3. The highest BCUT2D eigenvalue weighted by molar-refractivity contribution is 5.53. The first-order valence-electron chi connectivity index (χ1n) is 5.79. The Morgan fingerprint density at radius 1 is 1.38 bits per heavy atom. The van der Waals surface area contributed by atoms with Gasteiger partial charge in [-0.3, -0.25) is 0 Å². The summed E-state index contributed by atoms with van der Waals surface area (Å²) in [6.07, 6.45) is 0. The number of nitrogens with zero attached hydrogens (tertiary/aromatic N) is 1. The van der Waals surface area contributed by atoms with Crippen LogP contribution in [0, 0.1) is 5.41 Å². The zero-order chi connectivity index (χ0) is 11.6. The third-order valence-corrected chi connectivity index (χ3v) is 2.81. The van der Waals surface area contributed by atoms with Gasteiger partial charge in [0.1, 0.15) is 12.4 Å². The maximum absolute atomic E-state index is 5.51. The molecule has 2 N–H and O–H groups in total. The molecule has 1 aromatic rings. The van der Waals surface area contributed by atoms with E-state index in [1.165, 1.54) is 5.69 Å². The molecule has 0 aliphatic carbocycles. The van der Waals surface area contributed by atoms with Gasteiger partial charge in [-0.25, -0.2) is 0 Å². The number of nitrogens with two attached hydrogens (primary N) is 1. The van der Waals surface area contributed by atoms with Gasteiger partial charge in [0.25, 0.3) is 0 Å². The molecular formula is C13H20N2O. The summed E-state index contributed by atoms with van der Waals surface area (Å²) in [5, 5.41) is 0. The average Bonchev–Trinajstić information content (AvgIpc) is 2.23. The molecule has 0 spiro atoms. The van der Waals surface area contributed by atoms with Gasteiger partial charge in [-0.1, -0.05) is 19.9 Å². The van der Waals surface area contributed by atoms with Gasteiger partial charge in [-0.2, -0.15) is 0 Å². The van der Waals surface area contributed by atoms with Crippen molar-refractivity contribution in [2.75, 3.05) is 31.1 Å². The second kappa shape index (κ2) is 4.34. The van der Waals surface area contributed by atoms with Gasteiger partial charge >= 0.3 is 0 Å². The van der Waals surface area contributed by atoms with Gasteiger partial charge in [0.15, 0.2) is 0 Å². The van der Waals surface area contributed by atoms with Crippen molar-refractivity contribution in [3.63, 3.8) is 0 Å². The summed E-state index contributed by atoms with van der Waals surface area (Å²) in [6.45, 7) is 7.95. The summed E-state index contributed by atoms with van der Waals surface area (Å²) >= 11 is 0. The van der Waals surface area contributed by atoms with E-state index in [1.54, 1.807) is 0 Å². The molecule has 88 valence electrons. The Balaban J connectivity index is 2.00. The molecule has 0 amide bonds. The van der Waals surface area contributed by atoms with E-state index in [1.807, 2.05) is 12.1 Å². The molecule has 0 atom stereocenters. The molecule has 1 saturated heterocycles. The minimum absolute atomic E-state index is 0.453. The Morgan fingerprint density at radius 2 is 2.12 bits per heavy atom. The molecule has 3 nitrogen and oxygen atoms in total. The normalized spacial score (nSPS) is 18.1. The quantitative estimate of drug-likeness (QED) is 0.842. The second-order valence-corrected chi connectivity index (χ2v) is 5.15. The van der Waals surface area contributed by atoms with Gasteiger partial charge in [0.05, 0.1) is 0 Å². The molecule has 0 unspecified atom stereocenters. The van der Waals surface area contributed by atoms with Crippen molar-refractivity contribution < 1.29 is 4.74 Å². The van der Waals surface area contributed by atoms with E-state index in [2.05, 4.69) is 30.9 Å². The van der Waals surface area contributed by atoms with Crippen LogP contribution in [0.15, 0.2) is 24.3 Å². The Morgan fingerprint density at radius 3 is 2.75 bits per heavy atom. The molecule has 16 heavy (non-hydrogen) atoms. The fraction of sp³-hybridized carbons (Fsp3) is 0.538. The second-order valence-electron chi connectivity index (χ2n) is 5.15. The molecule has 3 heteroatoms. The molecule has 1 aromatic carbocycles. The molecule has 1 fully saturated rings. The lowest BCUT2D eigenvalue weighted by atomic mass is 9.84. The fourth-order valence-electron chi connectivity index (χ4n) is 2.12. The molecule has 0 aromatic heterocycles. The van der Waals surface area contributed by atoms with Crippen LogP contribution in [0.4, 0.5) is 5.69 Å². The average molecular weight is 220 g/mol. The fourth-order valence-corrected chi connectivity index (χ4v) is 2.12. The third-order valence-electron chi connectivity index (χ3n) is 2.81. The van der Waals surface area contributed by atoms with E-state index in [4.69, 9.17) is 10.5 Å². The van der Waals surface area contributed by atoms with Gasteiger partial charge in [-0.05, 0) is 17.5 Å². The van der Waals surface area contributed by atoms with Crippen molar-refractivity contribution in [1.29, 1.82) is 0 Å². The SMILES string of the molecule is CC1(C)CN(c2cccc(OCCN)c2)C1. The molecule has 2 rings (SSSR count). The van der Waals surface area contributed by atoms with E-state index < -0.39 is 0 Å². The zero-order valence-corrected chi connectivity index (χ0v) is 10.1. The van der Waals surface area contributed by atoms with Gasteiger partial charge in [0.2, 0.25) is 0 Å². The van der Waals surface area contributed by atoms with Crippen molar-refractivity contribution in [1.82, 2.24) is 0 Å². The van der Waals surface area contributed by atoms with Crippen LogP contribution in [0.25, 0.3) is 0 Å². The molecule has 0 bridgehead atoms. The first-order valence-corrected chi connectivity index (χ1v) is 5.79. The Hall–Kier alpha value is -1.22. The number of ether oxygens (including phenoxy) is 1. The summed E-state index contributed by atoms with van der Waals surface area (Å²) in [5.41, 5.74) is 7.11. The lowest BCUT2D eigenvalue weighted by Gasteiger charge is -2.47. The van der Waals surface area contributed by atoms with Crippen molar-refractivity contribution in [2.45, 2.75) is 13.8 Å². The molecule has 1 heterocycles. The number of hydrogen-bond acceptors (Lipinski definition) is 3. The van der Waals surface area contributed by atoms with Crippen LogP contribution in [-0.2, 0) is 0 Å². The maximum atomic E-state index is 5.51. The number of hydrogen-bond donors (Lipinski definition) is 1. The van der Waals surface area contributed by atoms with E-state index in [0.29, 0.717) is 18.6 Å². The highest BCUT2D eigenvalue weighted by atomic mass is 16.5. The van der Waals surface area contributed by atoms with Crippen LogP contribution in [0.2, 0.25) is 0 Å². The standard InChI is InChI=1S/C13H20N2O/c1-13(2)9-15(10-13)11-4-3-5-12(8-11)16-7-6-14/h3-5,8H,6-7,9-10,14H2,1-2H3. The summed E-state index contributed by atoms with van der Waals surface area (Å²) < 4.78 is 5.51. The van der Waals surface area contributed by atoms with Crippen molar-refractivity contribution >= 4 is 5.69 Å². The van der Waals surface area contributed by atoms with Crippen LogP contribution >= 0.6 is 0 Å². The van der Waals surface area contributed by atoms with Crippen molar-refractivity contribution in [3.05, 3.63) is 24.3 Å². The topological polar surface area (TPSA) is 38.5 Å². The third kappa shape index (κ3) is 2.47. The van der Waals surface area contributed by atoms with Crippen LogP contribution in [0.1, 0.15) is 13.8 Å². The largest absolute Gasteiger partial charge is 0.492 e. The monoisotopic (exact) mass is 220 g/mol. The predicted octanol–water partition coefficient (Wildman–Crippen LogP) is 1.87. The molecular weight excluding hydrogens is 200 g/mol. The van der Waals surface area contributed by atoms with Gasteiger partial charge in [0, 0.05) is 31.4 Å². The van der Waals surface area contributed by atoms with E-state index in [-0.39, 0.29) is 0 Å². The van der Waals surface area contributed by atoms with E-state index in [0.717, 1.165) is 18.8 Å². The van der Waals surface area contributed by atoms with Crippen LogP contribution in [-0.4, -0.2) is 26.2 Å². The highest BCUT2D eigenvalue weighted by Gasteiger charge is 2.34. The zero-order valence-electron chi connectivity index (χ0n) is 10.1. The summed E-state index contributed by atoms with van der Waals surface area (Å²) in [4.78, 5) is 2.37. The van der Waals surface area contributed by atoms with Crippen LogP contribution in [0.5, 0.6) is 5.75 Å². The molecule has 1 aliphatic heterocycles.